The Morgan fingerprint density at radius 2 is 1.21 bits per heavy atom. The van der Waals surface area contributed by atoms with Crippen LogP contribution in [0.5, 0.6) is 0 Å². The topological polar surface area (TPSA) is 104 Å². The first kappa shape index (κ1) is 52.0. The highest BCUT2D eigenvalue weighted by atomic mass is 31.2. The van der Waals surface area contributed by atoms with Gasteiger partial charge in [-0.1, -0.05) is 146 Å². The Balaban J connectivity index is 2.29. The minimum Gasteiger partial charge on any atom is -0.498 e. The predicted molar refractivity (Wildman–Crippen MR) is 232 cm³/mol. The molecule has 0 aliphatic carbocycles. The van der Waals surface area contributed by atoms with Gasteiger partial charge in [0.25, 0.3) is 0 Å². The number of epoxide rings is 1. The lowest BCUT2D eigenvalue weighted by atomic mass is 10.0. The second-order valence-electron chi connectivity index (χ2n) is 16.2. The summed E-state index contributed by atoms with van der Waals surface area (Å²) in [6, 6.07) is 0. The molecule has 0 bridgehead atoms. The molecule has 0 aromatic carbocycles. The minimum absolute atomic E-state index is 0.0199. The van der Waals surface area contributed by atoms with Crippen molar-refractivity contribution in [2.24, 2.45) is 0 Å². The molecule has 1 heterocycles. The Labute approximate surface area is 343 Å². The molecule has 0 aromatic heterocycles. The summed E-state index contributed by atoms with van der Waals surface area (Å²) in [6.07, 6.45) is 46.7. The van der Waals surface area contributed by atoms with E-state index >= 15 is 0 Å². The van der Waals surface area contributed by atoms with Crippen LogP contribution in [0.2, 0.25) is 0 Å². The third-order valence-corrected chi connectivity index (χ3v) is 10.5. The van der Waals surface area contributed by atoms with E-state index in [1.165, 1.54) is 83.5 Å². The van der Waals surface area contributed by atoms with Gasteiger partial charge in [0.2, 0.25) is 0 Å². The molecular weight excluding hydrogens is 725 g/mol. The lowest BCUT2D eigenvalue weighted by Gasteiger charge is -2.24. The number of carbonyl (C=O) groups is 1. The van der Waals surface area contributed by atoms with E-state index in [1.807, 2.05) is 27.2 Å². The van der Waals surface area contributed by atoms with Crippen molar-refractivity contribution in [3.05, 3.63) is 60.9 Å². The van der Waals surface area contributed by atoms with E-state index in [1.54, 1.807) is 6.26 Å². The van der Waals surface area contributed by atoms with Gasteiger partial charge < -0.3 is 23.6 Å². The summed E-state index contributed by atoms with van der Waals surface area (Å²) >= 11 is 0. The third kappa shape index (κ3) is 35.2. The van der Waals surface area contributed by atoms with Crippen LogP contribution in [0.15, 0.2) is 60.9 Å². The van der Waals surface area contributed by atoms with Crippen molar-refractivity contribution < 1.29 is 42.0 Å². The van der Waals surface area contributed by atoms with Crippen LogP contribution in [0.1, 0.15) is 162 Å². The monoisotopic (exact) mass is 809 g/mol. The molecule has 56 heavy (non-hydrogen) atoms. The van der Waals surface area contributed by atoms with Gasteiger partial charge in [0.1, 0.15) is 19.8 Å². The van der Waals surface area contributed by atoms with Crippen molar-refractivity contribution in [1.82, 2.24) is 0 Å². The number of carbonyl (C=O) groups excluding carboxylic acids is 1. The molecule has 1 aliphatic heterocycles. The smallest absolute Gasteiger partial charge is 0.472 e. The number of nitrogens with zero attached hydrogens (tertiary/aromatic N) is 1. The standard InChI is InChI=1S/C46H82NO8P/c1-6-8-10-12-14-15-16-17-18-19-20-21-22-26-30-34-39-51-41-43(42-53-56(49,50)52-40-38-47(3,4)5)54-46(48)37-33-29-25-23-24-28-32-36-45-44(55-45)35-31-27-13-11-9-7-2/h9,11,23,25,27-28,31-32,34,39,43-45H,6-8,10,12-22,24,26,29-30,33,35-38,40-42H2,1-5H3/p+1/b11-9-,25-23-,31-27-,32-28-,39-34-. The van der Waals surface area contributed by atoms with Gasteiger partial charge in [-0.05, 0) is 63.9 Å². The Kier molecular flexibility index (Phi) is 32.5. The first-order chi connectivity index (χ1) is 27.1. The largest absolute Gasteiger partial charge is 0.498 e. The van der Waals surface area contributed by atoms with Gasteiger partial charge >= 0.3 is 13.8 Å². The van der Waals surface area contributed by atoms with E-state index in [2.05, 4.69) is 62.5 Å². The first-order valence-corrected chi connectivity index (χ1v) is 23.7. The van der Waals surface area contributed by atoms with Crippen molar-refractivity contribution in [2.75, 3.05) is 47.5 Å². The van der Waals surface area contributed by atoms with Crippen molar-refractivity contribution in [3.8, 4) is 0 Å². The molecular formula is C46H83NO8P+. The van der Waals surface area contributed by atoms with Gasteiger partial charge in [-0.15, -0.1) is 0 Å². The lowest BCUT2D eigenvalue weighted by molar-refractivity contribution is -0.870. The van der Waals surface area contributed by atoms with E-state index in [0.29, 0.717) is 29.7 Å². The van der Waals surface area contributed by atoms with Crippen LogP contribution in [0.25, 0.3) is 0 Å². The van der Waals surface area contributed by atoms with E-state index in [0.717, 1.165) is 51.4 Å². The number of ether oxygens (including phenoxy) is 3. The Hall–Kier alpha value is -2.00. The third-order valence-electron chi connectivity index (χ3n) is 9.56. The average molecular weight is 809 g/mol. The second-order valence-corrected chi connectivity index (χ2v) is 17.6. The van der Waals surface area contributed by atoms with Crippen LogP contribution in [-0.4, -0.2) is 81.2 Å². The van der Waals surface area contributed by atoms with Gasteiger partial charge in [-0.2, -0.15) is 0 Å². The van der Waals surface area contributed by atoms with Gasteiger partial charge in [0.05, 0.1) is 46.2 Å². The maximum atomic E-state index is 12.7. The second kappa shape index (κ2) is 35.0. The molecule has 1 N–H and O–H groups in total. The van der Waals surface area contributed by atoms with E-state index in [4.69, 9.17) is 23.3 Å². The van der Waals surface area contributed by atoms with Crippen LogP contribution in [0.3, 0.4) is 0 Å². The molecule has 0 saturated carbocycles. The molecule has 0 aromatic rings. The fraction of sp³-hybridized carbons (Fsp3) is 0.761. The first-order valence-electron chi connectivity index (χ1n) is 22.2. The van der Waals surface area contributed by atoms with E-state index in [-0.39, 0.29) is 26.2 Å². The molecule has 1 fully saturated rings. The Morgan fingerprint density at radius 3 is 1.79 bits per heavy atom. The van der Waals surface area contributed by atoms with Crippen LogP contribution < -0.4 is 0 Å². The van der Waals surface area contributed by atoms with Crippen LogP contribution >= 0.6 is 7.82 Å². The lowest BCUT2D eigenvalue weighted by Crippen LogP contribution is -2.37. The number of hydrogen-bond acceptors (Lipinski definition) is 7. The summed E-state index contributed by atoms with van der Waals surface area (Å²) in [7, 11) is 1.59. The number of esters is 1. The number of phosphoric ester groups is 1. The molecule has 324 valence electrons. The van der Waals surface area contributed by atoms with Crippen LogP contribution in [-0.2, 0) is 32.6 Å². The molecule has 0 radical (unpaired) electrons. The number of likely N-dealkylation sites (N-methyl/N-ethyl adjacent to an activating group) is 1. The minimum atomic E-state index is -4.31. The van der Waals surface area contributed by atoms with E-state index < -0.39 is 19.9 Å². The van der Waals surface area contributed by atoms with E-state index in [9.17, 15) is 14.3 Å². The zero-order valence-corrected chi connectivity index (χ0v) is 37.2. The van der Waals surface area contributed by atoms with Crippen molar-refractivity contribution in [2.45, 2.75) is 180 Å². The molecule has 4 unspecified atom stereocenters. The molecule has 4 atom stereocenters. The average Bonchev–Trinajstić information content (AvgIpc) is 3.91. The molecule has 10 heteroatoms. The number of phosphoric acid groups is 1. The molecule has 9 nitrogen and oxygen atoms in total. The Bertz CT molecular complexity index is 1140. The molecule has 1 saturated heterocycles. The highest BCUT2D eigenvalue weighted by Gasteiger charge is 2.36. The Morgan fingerprint density at radius 1 is 0.679 bits per heavy atom. The van der Waals surface area contributed by atoms with Crippen molar-refractivity contribution in [3.63, 3.8) is 0 Å². The molecule has 1 aliphatic rings. The maximum Gasteiger partial charge on any atom is 0.472 e. The zero-order valence-electron chi connectivity index (χ0n) is 36.3. The summed E-state index contributed by atoms with van der Waals surface area (Å²) in [4.78, 5) is 22.9. The zero-order chi connectivity index (χ0) is 41.0. The number of unbranched alkanes of at least 4 members (excludes halogenated alkanes) is 15. The van der Waals surface area contributed by atoms with Crippen molar-refractivity contribution in [1.29, 1.82) is 0 Å². The van der Waals surface area contributed by atoms with Gasteiger partial charge in [0, 0.05) is 6.42 Å². The summed E-state index contributed by atoms with van der Waals surface area (Å²) in [5.74, 6) is -0.396. The van der Waals surface area contributed by atoms with Gasteiger partial charge in [-0.25, -0.2) is 4.57 Å². The summed E-state index contributed by atoms with van der Waals surface area (Å²) in [5.41, 5.74) is 0. The molecule has 0 spiro atoms. The van der Waals surface area contributed by atoms with Gasteiger partial charge in [0.15, 0.2) is 6.10 Å². The highest BCUT2D eigenvalue weighted by molar-refractivity contribution is 7.47. The fourth-order valence-corrected chi connectivity index (χ4v) is 6.75. The highest BCUT2D eigenvalue weighted by Crippen LogP contribution is 2.43. The quantitative estimate of drug-likeness (QED) is 0.0125. The SMILES string of the molecule is CC/C=C\C/C=C\CC1OC1C/C=C\C/C=C\CCCC(=O)OC(CO/C=C\CCCCCCCCCCCCCCCC)COP(=O)(O)OCC[N+](C)(C)C. The number of quaternary nitrogens is 1. The normalized spacial score (nSPS) is 17.9. The maximum absolute atomic E-state index is 12.7. The predicted octanol–water partition coefficient (Wildman–Crippen LogP) is 12.3. The van der Waals surface area contributed by atoms with Gasteiger partial charge in [-0.3, -0.25) is 13.8 Å². The number of hydrogen-bond donors (Lipinski definition) is 1. The molecule has 0 amide bonds. The fourth-order valence-electron chi connectivity index (χ4n) is 6.01. The van der Waals surface area contributed by atoms with Crippen molar-refractivity contribution >= 4 is 13.8 Å². The van der Waals surface area contributed by atoms with Crippen LogP contribution in [0.4, 0.5) is 0 Å². The summed E-state index contributed by atoms with van der Waals surface area (Å²) in [5, 5.41) is 0. The molecule has 1 rings (SSSR count). The number of allylic oxidation sites excluding steroid dienone is 7. The number of rotatable bonds is 39. The van der Waals surface area contributed by atoms with Crippen LogP contribution in [0, 0.1) is 0 Å². The summed E-state index contributed by atoms with van der Waals surface area (Å²) in [6.45, 7) is 4.73. The summed E-state index contributed by atoms with van der Waals surface area (Å²) < 4.78 is 40.4.